The van der Waals surface area contributed by atoms with Crippen LogP contribution in [0.2, 0.25) is 0 Å². The summed E-state index contributed by atoms with van der Waals surface area (Å²) in [4.78, 5) is 16.8. The van der Waals surface area contributed by atoms with Crippen molar-refractivity contribution in [1.82, 2.24) is 19.6 Å². The van der Waals surface area contributed by atoms with Crippen molar-refractivity contribution in [2.45, 2.75) is 0 Å². The monoisotopic (exact) mass is 380 g/mol. The molecule has 2 aromatic heterocycles. The van der Waals surface area contributed by atoms with E-state index in [1.165, 1.54) is 4.90 Å². The Morgan fingerprint density at radius 2 is 1.85 bits per heavy atom. The third-order valence-electron chi connectivity index (χ3n) is 4.27. The highest BCUT2D eigenvalue weighted by Gasteiger charge is 2.33. The molecule has 0 N–H and O–H groups in total. The summed E-state index contributed by atoms with van der Waals surface area (Å²) < 4.78 is 1.84. The summed E-state index contributed by atoms with van der Waals surface area (Å²) in [6.45, 7) is 0. The van der Waals surface area contributed by atoms with E-state index in [2.05, 4.69) is 0 Å². The van der Waals surface area contributed by atoms with Crippen LogP contribution in [0.15, 0.2) is 59.7 Å². The van der Waals surface area contributed by atoms with Gasteiger partial charge in [-0.2, -0.15) is 5.10 Å². The number of aromatic nitrogens is 2. The van der Waals surface area contributed by atoms with E-state index in [0.717, 1.165) is 21.8 Å². The number of thiophene rings is 1. The second kappa shape index (κ2) is 6.51. The third-order valence-corrected chi connectivity index (χ3v) is 5.69. The lowest BCUT2D eigenvalue weighted by Crippen LogP contribution is -2.26. The standard InChI is InChI=1S/C19H16N4OS2/c1-21-15(18(24)22(2)19(21)25)11-13-12-23(14-7-4-3-5-8-14)20-17(13)16-9-6-10-26-16/h3-12H,1-2H3/b15-11-. The minimum Gasteiger partial charge on any atom is -0.317 e. The molecule has 4 rings (SSSR count). The lowest BCUT2D eigenvalue weighted by atomic mass is 10.2. The first-order chi connectivity index (χ1) is 12.6. The molecule has 0 atom stereocenters. The molecule has 0 aliphatic carbocycles. The zero-order valence-electron chi connectivity index (χ0n) is 14.3. The van der Waals surface area contributed by atoms with Gasteiger partial charge < -0.3 is 4.90 Å². The summed E-state index contributed by atoms with van der Waals surface area (Å²) in [6, 6.07) is 13.9. The zero-order valence-corrected chi connectivity index (χ0v) is 15.9. The summed E-state index contributed by atoms with van der Waals surface area (Å²) in [5, 5.41) is 7.27. The van der Waals surface area contributed by atoms with Crippen molar-refractivity contribution < 1.29 is 4.79 Å². The second-order valence-corrected chi connectivity index (χ2v) is 7.24. The number of benzene rings is 1. The first kappa shape index (κ1) is 16.7. The van der Waals surface area contributed by atoms with E-state index < -0.39 is 0 Å². The van der Waals surface area contributed by atoms with Gasteiger partial charge in [0.25, 0.3) is 5.91 Å². The van der Waals surface area contributed by atoms with Crippen molar-refractivity contribution in [2.24, 2.45) is 0 Å². The molecule has 5 nitrogen and oxygen atoms in total. The molecule has 130 valence electrons. The first-order valence-corrected chi connectivity index (χ1v) is 9.31. The maximum absolute atomic E-state index is 12.5. The molecule has 7 heteroatoms. The maximum atomic E-state index is 12.5. The van der Waals surface area contributed by atoms with Gasteiger partial charge in [-0.3, -0.25) is 9.69 Å². The van der Waals surface area contributed by atoms with Crippen LogP contribution in [-0.2, 0) is 4.79 Å². The van der Waals surface area contributed by atoms with E-state index in [0.29, 0.717) is 10.8 Å². The van der Waals surface area contributed by atoms with E-state index in [4.69, 9.17) is 17.3 Å². The predicted molar refractivity (Wildman–Crippen MR) is 108 cm³/mol. The fourth-order valence-corrected chi connectivity index (χ4v) is 3.76. The maximum Gasteiger partial charge on any atom is 0.276 e. The van der Waals surface area contributed by atoms with Crippen LogP contribution >= 0.6 is 23.6 Å². The van der Waals surface area contributed by atoms with Crippen LogP contribution in [0.25, 0.3) is 22.3 Å². The molecule has 0 spiro atoms. The average molecular weight is 380 g/mol. The van der Waals surface area contributed by atoms with Crippen LogP contribution in [-0.4, -0.2) is 44.7 Å². The van der Waals surface area contributed by atoms with Gasteiger partial charge in [-0.05, 0) is 41.9 Å². The van der Waals surface area contributed by atoms with Gasteiger partial charge in [-0.25, -0.2) is 4.68 Å². The Morgan fingerprint density at radius 3 is 2.46 bits per heavy atom. The molecular formula is C19H16N4OS2. The molecule has 3 heterocycles. The van der Waals surface area contributed by atoms with Crippen LogP contribution < -0.4 is 0 Å². The summed E-state index contributed by atoms with van der Waals surface area (Å²) in [6.07, 6.45) is 3.81. The molecule has 1 aliphatic heterocycles. The average Bonchev–Trinajstić information content (AvgIpc) is 3.37. The molecule has 1 saturated heterocycles. The van der Waals surface area contributed by atoms with Gasteiger partial charge in [0, 0.05) is 25.9 Å². The second-order valence-electron chi connectivity index (χ2n) is 5.93. The lowest BCUT2D eigenvalue weighted by Gasteiger charge is -2.10. The molecule has 1 aliphatic rings. The van der Waals surface area contributed by atoms with Gasteiger partial charge in [0.05, 0.1) is 10.6 Å². The molecule has 26 heavy (non-hydrogen) atoms. The fraction of sp³-hybridized carbons (Fsp3) is 0.105. The Hall–Kier alpha value is -2.77. The topological polar surface area (TPSA) is 41.4 Å². The number of para-hydroxylation sites is 1. The van der Waals surface area contributed by atoms with Crippen LogP contribution in [0, 0.1) is 0 Å². The molecule has 0 saturated carbocycles. The number of hydrogen-bond donors (Lipinski definition) is 0. The van der Waals surface area contributed by atoms with E-state index in [-0.39, 0.29) is 5.91 Å². The first-order valence-electron chi connectivity index (χ1n) is 8.02. The van der Waals surface area contributed by atoms with Crippen molar-refractivity contribution in [3.63, 3.8) is 0 Å². The van der Waals surface area contributed by atoms with Gasteiger partial charge in [0.2, 0.25) is 0 Å². The number of carbonyl (C=O) groups is 1. The molecule has 0 bridgehead atoms. The van der Waals surface area contributed by atoms with E-state index in [1.54, 1.807) is 23.3 Å². The third kappa shape index (κ3) is 2.75. The van der Waals surface area contributed by atoms with Gasteiger partial charge >= 0.3 is 0 Å². The molecule has 1 fully saturated rings. The number of hydrogen-bond acceptors (Lipinski definition) is 4. The Balaban J connectivity index is 1.85. The normalized spacial score (nSPS) is 16.2. The number of thiocarbonyl (C=S) groups is 1. The van der Waals surface area contributed by atoms with E-state index >= 15 is 0 Å². The molecule has 1 aromatic carbocycles. The Kier molecular flexibility index (Phi) is 4.18. The molecular weight excluding hydrogens is 364 g/mol. The Labute approximate surface area is 160 Å². The number of likely N-dealkylation sites (N-methyl/N-ethyl adjacent to an activating group) is 2. The molecule has 0 radical (unpaired) electrons. The van der Waals surface area contributed by atoms with Crippen molar-refractivity contribution in [3.05, 3.63) is 65.3 Å². The predicted octanol–water partition coefficient (Wildman–Crippen LogP) is 3.63. The molecule has 0 unspecified atom stereocenters. The Morgan fingerprint density at radius 1 is 1.08 bits per heavy atom. The van der Waals surface area contributed by atoms with Crippen molar-refractivity contribution >= 4 is 40.7 Å². The summed E-state index contributed by atoms with van der Waals surface area (Å²) >= 11 is 6.92. The zero-order chi connectivity index (χ0) is 18.3. The quantitative estimate of drug-likeness (QED) is 0.514. The number of amides is 1. The minimum absolute atomic E-state index is 0.109. The van der Waals surface area contributed by atoms with Crippen molar-refractivity contribution in [3.8, 4) is 16.3 Å². The van der Waals surface area contributed by atoms with Crippen LogP contribution in [0.3, 0.4) is 0 Å². The highest BCUT2D eigenvalue weighted by molar-refractivity contribution is 7.80. The van der Waals surface area contributed by atoms with Gasteiger partial charge in [-0.1, -0.05) is 24.3 Å². The van der Waals surface area contributed by atoms with E-state index in [1.807, 2.05) is 71.8 Å². The molecule has 3 aromatic rings. The van der Waals surface area contributed by atoms with Gasteiger partial charge in [0.1, 0.15) is 11.4 Å². The SMILES string of the molecule is CN1C(=O)/C(=C/c2cn(-c3ccccc3)nc2-c2cccs2)N(C)C1=S. The highest BCUT2D eigenvalue weighted by Crippen LogP contribution is 2.30. The van der Waals surface area contributed by atoms with Crippen LogP contribution in [0.5, 0.6) is 0 Å². The van der Waals surface area contributed by atoms with Crippen molar-refractivity contribution in [1.29, 1.82) is 0 Å². The fourth-order valence-electron chi connectivity index (χ4n) is 2.85. The molecule has 1 amide bonds. The number of carbonyl (C=O) groups excluding carboxylic acids is 1. The Bertz CT molecular complexity index is 1010. The largest absolute Gasteiger partial charge is 0.317 e. The van der Waals surface area contributed by atoms with Crippen LogP contribution in [0.4, 0.5) is 0 Å². The summed E-state index contributed by atoms with van der Waals surface area (Å²) in [7, 11) is 3.50. The highest BCUT2D eigenvalue weighted by atomic mass is 32.1. The summed E-state index contributed by atoms with van der Waals surface area (Å²) in [5.41, 5.74) is 3.24. The summed E-state index contributed by atoms with van der Waals surface area (Å²) in [5.74, 6) is -0.109. The van der Waals surface area contributed by atoms with Gasteiger partial charge in [-0.15, -0.1) is 11.3 Å². The number of rotatable bonds is 3. The smallest absolute Gasteiger partial charge is 0.276 e. The number of nitrogens with zero attached hydrogens (tertiary/aromatic N) is 4. The van der Waals surface area contributed by atoms with Crippen molar-refractivity contribution in [2.75, 3.05) is 14.1 Å². The van der Waals surface area contributed by atoms with Crippen LogP contribution in [0.1, 0.15) is 5.56 Å². The van der Waals surface area contributed by atoms with E-state index in [9.17, 15) is 4.79 Å². The van der Waals surface area contributed by atoms with Gasteiger partial charge in [0.15, 0.2) is 5.11 Å². The minimum atomic E-state index is -0.109. The lowest BCUT2D eigenvalue weighted by molar-refractivity contribution is -0.121.